The van der Waals surface area contributed by atoms with Crippen LogP contribution in [0.1, 0.15) is 10.4 Å². The first-order valence-electron chi connectivity index (χ1n) is 10.1. The van der Waals surface area contributed by atoms with Crippen LogP contribution in [-0.4, -0.2) is 69.4 Å². The molecule has 3 heterocycles. The Balaban J connectivity index is 1.30. The van der Waals surface area contributed by atoms with Gasteiger partial charge in [0.2, 0.25) is 0 Å². The number of benzene rings is 2. The number of hydrogen-bond acceptors (Lipinski definition) is 8. The highest BCUT2D eigenvalue weighted by molar-refractivity contribution is 7.22. The molecule has 162 valence electrons. The van der Waals surface area contributed by atoms with E-state index in [0.717, 1.165) is 28.4 Å². The second-order valence-electron chi connectivity index (χ2n) is 7.28. The summed E-state index contributed by atoms with van der Waals surface area (Å²) in [5.41, 5.74) is 1.42. The first-order valence-corrected chi connectivity index (χ1v) is 10.9. The lowest BCUT2D eigenvalue weighted by Gasteiger charge is -2.34. The molecule has 0 bridgehead atoms. The molecule has 9 heteroatoms. The lowest BCUT2D eigenvalue weighted by Crippen LogP contribution is -2.48. The Kier molecular flexibility index (Phi) is 5.19. The third-order valence-electron chi connectivity index (χ3n) is 5.52. The Labute approximate surface area is 183 Å². The lowest BCUT2D eigenvalue weighted by molar-refractivity contribution is 0.0745. The fourth-order valence-electron chi connectivity index (χ4n) is 3.89. The number of aromatic nitrogens is 1. The van der Waals surface area contributed by atoms with Crippen LogP contribution in [-0.2, 0) is 0 Å². The highest BCUT2D eigenvalue weighted by Gasteiger charge is 2.26. The molecule has 0 atom stereocenters. The standard InChI is InChI=1S/C22H23N3O5S/c1-27-16-5-6-18-19(20(16)28-2)23-22(31-18)25-9-7-24(8-10-25)21(26)14-3-4-15-17(13-14)30-12-11-29-15/h3-6,13H,7-12H2,1-2H3. The summed E-state index contributed by atoms with van der Waals surface area (Å²) >= 11 is 1.62. The zero-order valence-corrected chi connectivity index (χ0v) is 18.2. The van der Waals surface area contributed by atoms with Crippen molar-refractivity contribution in [2.75, 3.05) is 58.5 Å². The molecule has 0 unspecified atom stereocenters. The van der Waals surface area contributed by atoms with Gasteiger partial charge in [-0.3, -0.25) is 4.79 Å². The molecule has 1 aromatic heterocycles. The van der Waals surface area contributed by atoms with E-state index in [0.29, 0.717) is 54.9 Å². The van der Waals surface area contributed by atoms with Crippen molar-refractivity contribution in [3.05, 3.63) is 35.9 Å². The molecule has 1 amide bonds. The van der Waals surface area contributed by atoms with Gasteiger partial charge in [0.15, 0.2) is 28.1 Å². The van der Waals surface area contributed by atoms with E-state index < -0.39 is 0 Å². The Hall–Kier alpha value is -3.20. The smallest absolute Gasteiger partial charge is 0.254 e. The van der Waals surface area contributed by atoms with E-state index in [2.05, 4.69) is 4.90 Å². The topological polar surface area (TPSA) is 73.4 Å². The van der Waals surface area contributed by atoms with Crippen molar-refractivity contribution in [1.82, 2.24) is 9.88 Å². The van der Waals surface area contributed by atoms with Crippen LogP contribution >= 0.6 is 11.3 Å². The van der Waals surface area contributed by atoms with Crippen molar-refractivity contribution in [3.8, 4) is 23.0 Å². The second-order valence-corrected chi connectivity index (χ2v) is 8.29. The van der Waals surface area contributed by atoms with E-state index in [9.17, 15) is 4.79 Å². The summed E-state index contributed by atoms with van der Waals surface area (Å²) < 4.78 is 23.1. The summed E-state index contributed by atoms with van der Waals surface area (Å²) in [6, 6.07) is 9.28. The van der Waals surface area contributed by atoms with Gasteiger partial charge in [0.05, 0.1) is 18.9 Å². The Morgan fingerprint density at radius 1 is 1.00 bits per heavy atom. The molecule has 0 N–H and O–H groups in total. The Morgan fingerprint density at radius 2 is 1.77 bits per heavy atom. The van der Waals surface area contributed by atoms with Crippen molar-refractivity contribution in [2.24, 2.45) is 0 Å². The predicted molar refractivity (Wildman–Crippen MR) is 118 cm³/mol. The van der Waals surface area contributed by atoms with Gasteiger partial charge >= 0.3 is 0 Å². The minimum absolute atomic E-state index is 0.00679. The molecular formula is C22H23N3O5S. The third kappa shape index (κ3) is 3.59. The molecule has 2 aliphatic rings. The molecule has 1 saturated heterocycles. The number of methoxy groups -OCH3 is 2. The molecule has 8 nitrogen and oxygen atoms in total. The van der Waals surface area contributed by atoms with Crippen LogP contribution in [0.4, 0.5) is 5.13 Å². The van der Waals surface area contributed by atoms with Crippen molar-refractivity contribution in [3.63, 3.8) is 0 Å². The zero-order chi connectivity index (χ0) is 21.4. The molecule has 3 aromatic rings. The van der Waals surface area contributed by atoms with E-state index >= 15 is 0 Å². The van der Waals surface area contributed by atoms with Gasteiger partial charge in [0, 0.05) is 31.7 Å². The molecule has 0 radical (unpaired) electrons. The molecule has 31 heavy (non-hydrogen) atoms. The molecule has 2 aromatic carbocycles. The number of carbonyl (C=O) groups excluding carboxylic acids is 1. The van der Waals surface area contributed by atoms with Crippen LogP contribution in [0.15, 0.2) is 30.3 Å². The van der Waals surface area contributed by atoms with Crippen LogP contribution in [0.2, 0.25) is 0 Å². The highest BCUT2D eigenvalue weighted by atomic mass is 32.1. The van der Waals surface area contributed by atoms with Crippen LogP contribution in [0.5, 0.6) is 23.0 Å². The van der Waals surface area contributed by atoms with Crippen LogP contribution < -0.4 is 23.8 Å². The maximum atomic E-state index is 13.0. The fraction of sp³-hybridized carbons (Fsp3) is 0.364. The molecule has 1 fully saturated rings. The van der Waals surface area contributed by atoms with Crippen LogP contribution in [0.3, 0.4) is 0 Å². The van der Waals surface area contributed by atoms with E-state index in [1.165, 1.54) is 0 Å². The number of rotatable bonds is 4. The molecule has 0 aliphatic carbocycles. The first kappa shape index (κ1) is 19.7. The number of carbonyl (C=O) groups is 1. The molecular weight excluding hydrogens is 418 g/mol. The average molecular weight is 442 g/mol. The number of hydrogen-bond donors (Lipinski definition) is 0. The minimum Gasteiger partial charge on any atom is -0.493 e. The minimum atomic E-state index is 0.00679. The van der Waals surface area contributed by atoms with E-state index in [1.807, 2.05) is 17.0 Å². The molecule has 0 spiro atoms. The summed E-state index contributed by atoms with van der Waals surface area (Å²) in [4.78, 5) is 21.9. The second kappa shape index (κ2) is 8.14. The number of ether oxygens (including phenoxy) is 4. The van der Waals surface area contributed by atoms with Gasteiger partial charge < -0.3 is 28.7 Å². The molecule has 0 saturated carbocycles. The first-order chi connectivity index (χ1) is 15.2. The maximum Gasteiger partial charge on any atom is 0.254 e. The van der Waals surface area contributed by atoms with Crippen molar-refractivity contribution < 1.29 is 23.7 Å². The van der Waals surface area contributed by atoms with Crippen LogP contribution in [0, 0.1) is 0 Å². The Bertz CT molecular complexity index is 1120. The predicted octanol–water partition coefficient (Wildman–Crippen LogP) is 3.05. The summed E-state index contributed by atoms with van der Waals surface area (Å²) in [6.45, 7) is 3.73. The summed E-state index contributed by atoms with van der Waals surface area (Å²) in [5, 5.41) is 0.924. The normalized spacial score (nSPS) is 15.8. The number of fused-ring (bicyclic) bond motifs is 2. The van der Waals surface area contributed by atoms with Gasteiger partial charge in [-0.2, -0.15) is 0 Å². The fourth-order valence-corrected chi connectivity index (χ4v) is 4.91. The zero-order valence-electron chi connectivity index (χ0n) is 17.4. The van der Waals surface area contributed by atoms with Gasteiger partial charge in [-0.05, 0) is 30.3 Å². The van der Waals surface area contributed by atoms with Gasteiger partial charge in [0.25, 0.3) is 5.91 Å². The summed E-state index contributed by atoms with van der Waals surface area (Å²) in [6.07, 6.45) is 0. The monoisotopic (exact) mass is 441 g/mol. The highest BCUT2D eigenvalue weighted by Crippen LogP contribution is 2.40. The molecule has 5 rings (SSSR count). The third-order valence-corrected chi connectivity index (χ3v) is 6.60. The van der Waals surface area contributed by atoms with Crippen molar-refractivity contribution in [2.45, 2.75) is 0 Å². The lowest BCUT2D eigenvalue weighted by atomic mass is 10.1. The maximum absolute atomic E-state index is 13.0. The van der Waals surface area contributed by atoms with Gasteiger partial charge in [-0.25, -0.2) is 4.98 Å². The SMILES string of the molecule is COc1ccc2sc(N3CCN(C(=O)c4ccc5c(c4)OCCO5)CC3)nc2c1OC. The number of thiazole rings is 1. The number of piperazine rings is 1. The number of anilines is 1. The largest absolute Gasteiger partial charge is 0.493 e. The van der Waals surface area contributed by atoms with Crippen molar-refractivity contribution >= 4 is 32.6 Å². The summed E-state index contributed by atoms with van der Waals surface area (Å²) in [7, 11) is 3.24. The van der Waals surface area contributed by atoms with Crippen molar-refractivity contribution in [1.29, 1.82) is 0 Å². The number of amides is 1. The van der Waals surface area contributed by atoms with E-state index in [4.69, 9.17) is 23.9 Å². The van der Waals surface area contributed by atoms with E-state index in [1.54, 1.807) is 43.8 Å². The Morgan fingerprint density at radius 3 is 2.52 bits per heavy atom. The molecule has 2 aliphatic heterocycles. The number of nitrogens with zero attached hydrogens (tertiary/aromatic N) is 3. The quantitative estimate of drug-likeness (QED) is 0.616. The average Bonchev–Trinajstić information content (AvgIpc) is 3.27. The summed E-state index contributed by atoms with van der Waals surface area (Å²) in [5.74, 6) is 2.65. The van der Waals surface area contributed by atoms with Gasteiger partial charge in [-0.1, -0.05) is 11.3 Å². The van der Waals surface area contributed by atoms with Gasteiger partial charge in [-0.15, -0.1) is 0 Å². The van der Waals surface area contributed by atoms with Gasteiger partial charge in [0.1, 0.15) is 18.7 Å². The van der Waals surface area contributed by atoms with E-state index in [-0.39, 0.29) is 5.91 Å². The van der Waals surface area contributed by atoms with Crippen LogP contribution in [0.25, 0.3) is 10.2 Å².